The van der Waals surface area contributed by atoms with Crippen LogP contribution in [0.25, 0.3) is 22.1 Å². The maximum absolute atomic E-state index is 13.2. The van der Waals surface area contributed by atoms with E-state index < -0.39 is 0 Å². The number of ether oxygens (including phenoxy) is 3. The van der Waals surface area contributed by atoms with Gasteiger partial charge in [-0.1, -0.05) is 18.7 Å². The molecule has 0 bridgehead atoms. The highest BCUT2D eigenvalue weighted by molar-refractivity contribution is 5.90. The quantitative estimate of drug-likeness (QED) is 0.644. The third kappa shape index (κ3) is 2.76. The summed E-state index contributed by atoms with van der Waals surface area (Å²) in [7, 11) is 3.16. The summed E-state index contributed by atoms with van der Waals surface area (Å²) in [5, 5.41) is 0.426. The predicted octanol–water partition coefficient (Wildman–Crippen LogP) is 4.36. The minimum Gasteiger partial charge on any atom is -0.497 e. The molecule has 1 atom stereocenters. The summed E-state index contributed by atoms with van der Waals surface area (Å²) in [5.41, 5.74) is 3.33. The summed E-state index contributed by atoms with van der Waals surface area (Å²) in [6.07, 6.45) is 1.97. The Morgan fingerprint density at radius 2 is 1.93 bits per heavy atom. The van der Waals surface area contributed by atoms with Crippen LogP contribution in [0.1, 0.15) is 12.5 Å². The second-order valence-electron chi connectivity index (χ2n) is 6.62. The molecule has 5 nitrogen and oxygen atoms in total. The first kappa shape index (κ1) is 17.2. The lowest BCUT2D eigenvalue weighted by atomic mass is 10.0. The second kappa shape index (κ2) is 6.50. The summed E-state index contributed by atoms with van der Waals surface area (Å²) >= 11 is 0. The maximum atomic E-state index is 13.2. The third-order valence-corrected chi connectivity index (χ3v) is 4.90. The fourth-order valence-corrected chi connectivity index (χ4v) is 3.42. The van der Waals surface area contributed by atoms with E-state index in [0.717, 1.165) is 22.4 Å². The average molecular weight is 364 g/mol. The van der Waals surface area contributed by atoms with Gasteiger partial charge in [0.2, 0.25) is 5.43 Å². The lowest BCUT2D eigenvalue weighted by molar-refractivity contribution is 0.271. The number of hydrogen-bond donors (Lipinski definition) is 0. The maximum Gasteiger partial charge on any atom is 0.204 e. The molecule has 2 aromatic carbocycles. The molecule has 1 aliphatic heterocycles. The van der Waals surface area contributed by atoms with Gasteiger partial charge in [-0.2, -0.15) is 0 Å². The normalized spacial score (nSPS) is 15.3. The first-order chi connectivity index (χ1) is 13.0. The molecular weight excluding hydrogens is 344 g/mol. The first-order valence-electron chi connectivity index (χ1n) is 8.65. The number of hydrogen-bond acceptors (Lipinski definition) is 5. The van der Waals surface area contributed by atoms with E-state index in [1.54, 1.807) is 20.3 Å². The van der Waals surface area contributed by atoms with E-state index in [1.807, 2.05) is 31.2 Å². The first-order valence-corrected chi connectivity index (χ1v) is 8.65. The van der Waals surface area contributed by atoms with Gasteiger partial charge >= 0.3 is 0 Å². The van der Waals surface area contributed by atoms with Crippen LogP contribution in [0.5, 0.6) is 17.2 Å². The summed E-state index contributed by atoms with van der Waals surface area (Å²) in [5.74, 6) is 1.91. The van der Waals surface area contributed by atoms with Crippen LogP contribution in [-0.2, 0) is 6.42 Å². The Morgan fingerprint density at radius 1 is 1.19 bits per heavy atom. The van der Waals surface area contributed by atoms with E-state index in [9.17, 15) is 4.79 Å². The summed E-state index contributed by atoms with van der Waals surface area (Å²) in [6, 6.07) is 9.04. The van der Waals surface area contributed by atoms with Crippen LogP contribution in [0.2, 0.25) is 0 Å². The van der Waals surface area contributed by atoms with E-state index in [-0.39, 0.29) is 11.5 Å². The van der Waals surface area contributed by atoms with Gasteiger partial charge in [0, 0.05) is 18.1 Å². The average Bonchev–Trinajstić information content (AvgIpc) is 3.11. The van der Waals surface area contributed by atoms with Gasteiger partial charge in [-0.3, -0.25) is 4.79 Å². The minimum absolute atomic E-state index is 0.123. The van der Waals surface area contributed by atoms with Crippen molar-refractivity contribution in [2.24, 2.45) is 0 Å². The number of benzene rings is 2. The molecular formula is C22H20O5. The molecule has 27 heavy (non-hydrogen) atoms. The smallest absolute Gasteiger partial charge is 0.204 e. The van der Waals surface area contributed by atoms with Crippen molar-refractivity contribution in [1.82, 2.24) is 0 Å². The molecule has 5 heteroatoms. The number of methoxy groups -OCH3 is 2. The van der Waals surface area contributed by atoms with Gasteiger partial charge in [0.15, 0.2) is 0 Å². The fraction of sp³-hybridized carbons (Fsp3) is 0.227. The van der Waals surface area contributed by atoms with Crippen molar-refractivity contribution in [3.8, 4) is 28.4 Å². The lowest BCUT2D eigenvalue weighted by Crippen LogP contribution is -2.13. The monoisotopic (exact) mass is 364 g/mol. The molecule has 138 valence electrons. The van der Waals surface area contributed by atoms with Crippen molar-refractivity contribution < 1.29 is 18.6 Å². The zero-order valence-corrected chi connectivity index (χ0v) is 15.5. The van der Waals surface area contributed by atoms with Crippen LogP contribution in [-0.4, -0.2) is 20.3 Å². The minimum atomic E-state index is -0.139. The molecule has 4 rings (SSSR count). The molecule has 0 aliphatic carbocycles. The van der Waals surface area contributed by atoms with Gasteiger partial charge < -0.3 is 18.6 Å². The largest absolute Gasteiger partial charge is 0.497 e. The van der Waals surface area contributed by atoms with Crippen molar-refractivity contribution in [1.29, 1.82) is 0 Å². The van der Waals surface area contributed by atoms with Gasteiger partial charge in [-0.05, 0) is 30.2 Å². The Bertz CT molecular complexity index is 1090. The molecule has 0 radical (unpaired) electrons. The highest BCUT2D eigenvalue weighted by Gasteiger charge is 2.30. The van der Waals surface area contributed by atoms with Gasteiger partial charge in [-0.25, -0.2) is 0 Å². The van der Waals surface area contributed by atoms with E-state index >= 15 is 0 Å². The predicted molar refractivity (Wildman–Crippen MR) is 104 cm³/mol. The molecule has 2 heterocycles. The van der Waals surface area contributed by atoms with Crippen molar-refractivity contribution in [2.75, 3.05) is 14.2 Å². The van der Waals surface area contributed by atoms with Crippen LogP contribution in [0.4, 0.5) is 0 Å². The fourth-order valence-electron chi connectivity index (χ4n) is 3.42. The van der Waals surface area contributed by atoms with E-state index in [1.165, 1.54) is 6.26 Å². The van der Waals surface area contributed by atoms with Crippen LogP contribution < -0.4 is 19.6 Å². The van der Waals surface area contributed by atoms with Crippen molar-refractivity contribution >= 4 is 11.0 Å². The number of fused-ring (bicyclic) bond motifs is 2. The van der Waals surface area contributed by atoms with Crippen LogP contribution in [0.3, 0.4) is 0 Å². The van der Waals surface area contributed by atoms with Gasteiger partial charge in [0.25, 0.3) is 0 Å². The number of rotatable bonds is 4. The van der Waals surface area contributed by atoms with E-state index in [2.05, 4.69) is 6.58 Å². The summed E-state index contributed by atoms with van der Waals surface area (Å²) in [4.78, 5) is 13.2. The van der Waals surface area contributed by atoms with Crippen molar-refractivity contribution in [2.45, 2.75) is 19.4 Å². The Labute approximate surface area is 156 Å². The molecule has 0 saturated carbocycles. The highest BCUT2D eigenvalue weighted by Crippen LogP contribution is 2.42. The third-order valence-electron chi connectivity index (χ3n) is 4.90. The lowest BCUT2D eigenvalue weighted by Gasteiger charge is -2.11. The molecule has 0 fully saturated rings. The second-order valence-corrected chi connectivity index (χ2v) is 6.62. The van der Waals surface area contributed by atoms with E-state index in [0.29, 0.717) is 34.5 Å². The molecule has 3 aromatic rings. The van der Waals surface area contributed by atoms with Crippen LogP contribution in [0.15, 0.2) is 58.0 Å². The molecule has 1 aromatic heterocycles. The molecule has 0 N–H and O–H groups in total. The Balaban J connectivity index is 1.92. The molecule has 1 unspecified atom stereocenters. The van der Waals surface area contributed by atoms with Gasteiger partial charge in [-0.15, -0.1) is 0 Å². The zero-order chi connectivity index (χ0) is 19.1. The highest BCUT2D eigenvalue weighted by atomic mass is 16.5. The topological polar surface area (TPSA) is 57.9 Å². The SMILES string of the molecule is C=C(C)C1Cc2c(cc3occ(-c4ccc(OC)cc4)c(=O)c3c2OC)O1. The Hall–Kier alpha value is -3.21. The van der Waals surface area contributed by atoms with Gasteiger partial charge in [0.1, 0.15) is 40.6 Å². The Kier molecular flexibility index (Phi) is 4.15. The summed E-state index contributed by atoms with van der Waals surface area (Å²) in [6.45, 7) is 5.89. The van der Waals surface area contributed by atoms with Crippen molar-refractivity contribution in [3.05, 3.63) is 64.5 Å². The standard InChI is InChI=1S/C22H20O5/c1-12(2)17-9-15-18(27-17)10-19-20(22(15)25-4)21(23)16(11-26-19)13-5-7-14(24-3)8-6-13/h5-8,10-11,17H,1,9H2,2-4H3. The van der Waals surface area contributed by atoms with Crippen LogP contribution in [0, 0.1) is 0 Å². The summed E-state index contributed by atoms with van der Waals surface area (Å²) < 4.78 is 22.5. The Morgan fingerprint density at radius 3 is 2.56 bits per heavy atom. The molecule has 1 aliphatic rings. The van der Waals surface area contributed by atoms with Crippen LogP contribution >= 0.6 is 0 Å². The molecule has 0 spiro atoms. The van der Waals surface area contributed by atoms with Crippen molar-refractivity contribution in [3.63, 3.8) is 0 Å². The zero-order valence-electron chi connectivity index (χ0n) is 15.5. The molecule has 0 amide bonds. The van der Waals surface area contributed by atoms with Gasteiger partial charge in [0.05, 0.1) is 19.8 Å². The molecule has 0 saturated heterocycles. The van der Waals surface area contributed by atoms with E-state index in [4.69, 9.17) is 18.6 Å².